The van der Waals surface area contributed by atoms with Gasteiger partial charge in [0.25, 0.3) is 0 Å². The summed E-state index contributed by atoms with van der Waals surface area (Å²) in [5.41, 5.74) is 10.9. The highest BCUT2D eigenvalue weighted by Gasteiger charge is 2.29. The number of primary amides is 1. The van der Waals surface area contributed by atoms with E-state index in [1.807, 2.05) is 5.32 Å². The van der Waals surface area contributed by atoms with Crippen LogP contribution in [0.3, 0.4) is 0 Å². The van der Waals surface area contributed by atoms with Crippen LogP contribution in [0.5, 0.6) is 0 Å². The molecule has 4 atom stereocenters. The first-order valence-corrected chi connectivity index (χ1v) is 8.08. The Balaban J connectivity index is 2.88. The van der Waals surface area contributed by atoms with E-state index in [-0.39, 0.29) is 24.6 Å². The van der Waals surface area contributed by atoms with E-state index < -0.39 is 54.5 Å². The number of rotatable bonds is 11. The Bertz CT molecular complexity index is 720. The van der Waals surface area contributed by atoms with Crippen molar-refractivity contribution in [1.82, 2.24) is 20.8 Å². The SMILES string of the molecule is CC(O)C(NC(=O)N[C@@H](CC(N)=O)c1nnc([C@@H](N)CCC(=O)O)o1)C(=O)O. The lowest BCUT2D eigenvalue weighted by Crippen LogP contribution is -2.52. The molecule has 2 unspecified atom stereocenters. The Kier molecular flexibility index (Phi) is 8.28. The fourth-order valence-corrected chi connectivity index (χ4v) is 2.07. The van der Waals surface area contributed by atoms with E-state index in [1.54, 1.807) is 0 Å². The second-order valence-electron chi connectivity index (χ2n) is 5.91. The van der Waals surface area contributed by atoms with Crippen molar-refractivity contribution < 1.29 is 38.9 Å². The van der Waals surface area contributed by atoms with Gasteiger partial charge in [-0.3, -0.25) is 9.59 Å². The maximum absolute atomic E-state index is 12.0. The maximum Gasteiger partial charge on any atom is 0.328 e. The number of aliphatic carboxylic acids is 2. The average molecular weight is 402 g/mol. The van der Waals surface area contributed by atoms with Crippen molar-refractivity contribution in [2.24, 2.45) is 11.5 Å². The number of hydrogen-bond donors (Lipinski definition) is 7. The highest BCUT2D eigenvalue weighted by atomic mass is 16.4. The van der Waals surface area contributed by atoms with Crippen LogP contribution in [-0.2, 0) is 14.4 Å². The predicted octanol–water partition coefficient (Wildman–Crippen LogP) is -2.02. The zero-order valence-electron chi connectivity index (χ0n) is 14.9. The first-order valence-electron chi connectivity index (χ1n) is 8.08. The van der Waals surface area contributed by atoms with E-state index in [0.717, 1.165) is 0 Å². The summed E-state index contributed by atoms with van der Waals surface area (Å²) in [5, 5.41) is 38.6. The number of aromatic nitrogens is 2. The molecular formula is C14H22N6O8. The lowest BCUT2D eigenvalue weighted by Gasteiger charge is -2.19. The molecule has 14 nitrogen and oxygen atoms in total. The van der Waals surface area contributed by atoms with Crippen LogP contribution in [0.1, 0.15) is 50.1 Å². The van der Waals surface area contributed by atoms with Crippen LogP contribution < -0.4 is 22.1 Å². The number of amides is 3. The third kappa shape index (κ3) is 7.16. The number of aliphatic hydroxyl groups excluding tert-OH is 1. The molecule has 0 fully saturated rings. The number of carbonyl (C=O) groups excluding carboxylic acids is 2. The van der Waals surface area contributed by atoms with Gasteiger partial charge in [0, 0.05) is 6.42 Å². The van der Waals surface area contributed by atoms with Crippen LogP contribution in [0, 0.1) is 0 Å². The van der Waals surface area contributed by atoms with Crippen molar-refractivity contribution in [1.29, 1.82) is 0 Å². The molecule has 1 aromatic heterocycles. The molecule has 0 saturated heterocycles. The lowest BCUT2D eigenvalue weighted by molar-refractivity contribution is -0.142. The molecule has 0 aliphatic carbocycles. The smallest absolute Gasteiger partial charge is 0.328 e. The van der Waals surface area contributed by atoms with E-state index in [4.69, 9.17) is 26.1 Å². The molecule has 1 aromatic rings. The van der Waals surface area contributed by atoms with E-state index in [9.17, 15) is 24.3 Å². The van der Waals surface area contributed by atoms with Gasteiger partial charge in [-0.1, -0.05) is 0 Å². The van der Waals surface area contributed by atoms with Gasteiger partial charge < -0.3 is 41.8 Å². The van der Waals surface area contributed by atoms with Gasteiger partial charge >= 0.3 is 18.0 Å². The van der Waals surface area contributed by atoms with Crippen LogP contribution in [0.25, 0.3) is 0 Å². The third-order valence-corrected chi connectivity index (χ3v) is 3.49. The topological polar surface area (TPSA) is 244 Å². The Hall–Kier alpha value is -3.26. The van der Waals surface area contributed by atoms with E-state index in [1.165, 1.54) is 6.92 Å². The minimum absolute atomic E-state index is 0.0139. The van der Waals surface area contributed by atoms with Crippen molar-refractivity contribution in [2.45, 2.75) is 50.4 Å². The normalized spacial score (nSPS) is 15.1. The number of carbonyl (C=O) groups is 4. The Labute approximate surface area is 158 Å². The van der Waals surface area contributed by atoms with Crippen molar-refractivity contribution in [3.8, 4) is 0 Å². The van der Waals surface area contributed by atoms with Crippen LogP contribution in [0.15, 0.2) is 4.42 Å². The molecule has 9 N–H and O–H groups in total. The molecule has 0 aromatic carbocycles. The molecule has 3 amide bonds. The van der Waals surface area contributed by atoms with Crippen LogP contribution in [0.2, 0.25) is 0 Å². The summed E-state index contributed by atoms with van der Waals surface area (Å²) in [5.74, 6) is -3.71. The summed E-state index contributed by atoms with van der Waals surface area (Å²) in [6.07, 6.45) is -2.06. The second-order valence-corrected chi connectivity index (χ2v) is 5.91. The number of urea groups is 1. The molecule has 0 aliphatic heterocycles. The fraction of sp³-hybridized carbons (Fsp3) is 0.571. The highest BCUT2D eigenvalue weighted by Crippen LogP contribution is 2.20. The molecule has 0 saturated carbocycles. The molecule has 0 aliphatic rings. The Morgan fingerprint density at radius 2 is 1.75 bits per heavy atom. The minimum Gasteiger partial charge on any atom is -0.481 e. The third-order valence-electron chi connectivity index (χ3n) is 3.49. The number of nitrogens with two attached hydrogens (primary N) is 2. The van der Waals surface area contributed by atoms with E-state index >= 15 is 0 Å². The number of carboxylic acids is 2. The Morgan fingerprint density at radius 3 is 2.25 bits per heavy atom. The van der Waals surface area contributed by atoms with Gasteiger partial charge in [0.15, 0.2) is 6.04 Å². The van der Waals surface area contributed by atoms with Gasteiger partial charge in [-0.15, -0.1) is 10.2 Å². The Morgan fingerprint density at radius 1 is 1.14 bits per heavy atom. The summed E-state index contributed by atoms with van der Waals surface area (Å²) < 4.78 is 5.29. The summed E-state index contributed by atoms with van der Waals surface area (Å²) >= 11 is 0. The van der Waals surface area contributed by atoms with Crippen LogP contribution in [-0.4, -0.2) is 61.5 Å². The van der Waals surface area contributed by atoms with E-state index in [0.29, 0.717) is 0 Å². The molecule has 14 heteroatoms. The quantitative estimate of drug-likeness (QED) is 0.213. The van der Waals surface area contributed by atoms with Crippen molar-refractivity contribution in [2.75, 3.05) is 0 Å². The summed E-state index contributed by atoms with van der Waals surface area (Å²) in [4.78, 5) is 44.9. The zero-order chi connectivity index (χ0) is 21.4. The zero-order valence-corrected chi connectivity index (χ0v) is 14.9. The molecule has 0 radical (unpaired) electrons. The minimum atomic E-state index is -1.60. The van der Waals surface area contributed by atoms with Crippen molar-refractivity contribution >= 4 is 23.9 Å². The number of nitrogens with zero attached hydrogens (tertiary/aromatic N) is 2. The molecule has 0 spiro atoms. The molecule has 0 bridgehead atoms. The van der Waals surface area contributed by atoms with Crippen LogP contribution in [0.4, 0.5) is 4.79 Å². The monoisotopic (exact) mass is 402 g/mol. The second kappa shape index (κ2) is 10.2. The van der Waals surface area contributed by atoms with Gasteiger partial charge in [-0.25, -0.2) is 9.59 Å². The highest BCUT2D eigenvalue weighted by molar-refractivity contribution is 5.83. The first-order chi connectivity index (χ1) is 13.0. The summed E-state index contributed by atoms with van der Waals surface area (Å²) in [7, 11) is 0. The first kappa shape index (κ1) is 22.8. The number of aliphatic hydroxyl groups is 1. The van der Waals surface area contributed by atoms with Gasteiger partial charge in [-0.2, -0.15) is 0 Å². The van der Waals surface area contributed by atoms with Gasteiger partial charge in [0.05, 0.1) is 18.6 Å². The largest absolute Gasteiger partial charge is 0.481 e. The summed E-state index contributed by atoms with van der Waals surface area (Å²) in [6.45, 7) is 1.17. The van der Waals surface area contributed by atoms with Gasteiger partial charge in [-0.05, 0) is 13.3 Å². The predicted molar refractivity (Wildman–Crippen MR) is 89.4 cm³/mol. The number of carboxylic acid groups (broad SMARTS) is 2. The number of nitrogens with one attached hydrogen (secondary N) is 2. The fourth-order valence-electron chi connectivity index (χ4n) is 2.07. The van der Waals surface area contributed by atoms with Crippen molar-refractivity contribution in [3.05, 3.63) is 11.8 Å². The van der Waals surface area contributed by atoms with Gasteiger partial charge in [0.1, 0.15) is 6.04 Å². The molecule has 1 heterocycles. The molecule has 1 rings (SSSR count). The standard InChI is InChI=1S/C14H22N6O8/c1-5(21)10(13(25)26)18-14(27)17-7(4-8(16)22)12-20-19-11(28-12)6(15)2-3-9(23)24/h5-7,10,21H,2-4,15H2,1H3,(H2,16,22)(H,23,24)(H,25,26)(H2,17,18,27)/t5?,6-,7-,10?/m0/s1. The average Bonchev–Trinajstić information content (AvgIpc) is 3.06. The van der Waals surface area contributed by atoms with Gasteiger partial charge in [0.2, 0.25) is 17.7 Å². The van der Waals surface area contributed by atoms with Crippen molar-refractivity contribution in [3.63, 3.8) is 0 Å². The number of hydrogen-bond acceptors (Lipinski definition) is 9. The molecule has 28 heavy (non-hydrogen) atoms. The lowest BCUT2D eigenvalue weighted by atomic mass is 10.1. The van der Waals surface area contributed by atoms with E-state index in [2.05, 4.69) is 15.5 Å². The molecular weight excluding hydrogens is 380 g/mol. The summed E-state index contributed by atoms with van der Waals surface area (Å²) in [6, 6.07) is -4.72. The maximum atomic E-state index is 12.0. The molecule has 156 valence electrons. The van der Waals surface area contributed by atoms with Crippen LogP contribution >= 0.6 is 0 Å².